The predicted molar refractivity (Wildman–Crippen MR) is 130 cm³/mol. The molecule has 0 bridgehead atoms. The van der Waals surface area contributed by atoms with Gasteiger partial charge < -0.3 is 20.4 Å². The number of aliphatic hydroxyl groups is 2. The standard InChI is InChI=1S/C22H20Cl2F9N3O4S/c1-4-36(8-19(25,26)27)17(38)13-14(41-16(35-13)15(37)34-7-18(2,3)39)9-5-6-10(12(24)11(9)23)20(40,21(28,29)30)22(31,32)33/h5-6,39-40H,4,7-8H2,1-3H3,(H,34,37). The summed E-state index contributed by atoms with van der Waals surface area (Å²) in [6.45, 7) is 1.18. The molecule has 19 heteroatoms. The third-order valence-corrected chi connectivity index (χ3v) is 7.25. The summed E-state index contributed by atoms with van der Waals surface area (Å²) in [6, 6.07) is 0.634. The lowest BCUT2D eigenvalue weighted by molar-refractivity contribution is -0.376. The first-order valence-corrected chi connectivity index (χ1v) is 12.6. The number of hydrogen-bond donors (Lipinski definition) is 3. The number of hydrogen-bond acceptors (Lipinski definition) is 6. The van der Waals surface area contributed by atoms with Crippen LogP contribution in [-0.4, -0.2) is 75.7 Å². The van der Waals surface area contributed by atoms with Gasteiger partial charge in [-0.2, -0.15) is 39.5 Å². The van der Waals surface area contributed by atoms with Gasteiger partial charge in [-0.25, -0.2) is 4.98 Å². The number of amides is 2. The summed E-state index contributed by atoms with van der Waals surface area (Å²) in [5.41, 5.74) is -10.2. The van der Waals surface area contributed by atoms with Gasteiger partial charge in [0.05, 0.1) is 20.5 Å². The molecule has 1 heterocycles. The highest BCUT2D eigenvalue weighted by Gasteiger charge is 2.72. The van der Waals surface area contributed by atoms with Gasteiger partial charge in [0, 0.05) is 24.2 Å². The minimum absolute atomic E-state index is 0.125. The molecule has 2 rings (SSSR count). The van der Waals surface area contributed by atoms with Crippen LogP contribution < -0.4 is 5.32 Å². The second kappa shape index (κ2) is 11.7. The number of halogens is 11. The molecule has 0 aliphatic heterocycles. The van der Waals surface area contributed by atoms with Gasteiger partial charge in [0.25, 0.3) is 17.4 Å². The van der Waals surface area contributed by atoms with Crippen molar-refractivity contribution in [3.8, 4) is 10.4 Å². The topological polar surface area (TPSA) is 103 Å². The van der Waals surface area contributed by atoms with Gasteiger partial charge in [0.2, 0.25) is 0 Å². The summed E-state index contributed by atoms with van der Waals surface area (Å²) in [6.07, 6.45) is -17.5. The first kappa shape index (κ1) is 34.9. The number of carbonyl (C=O) groups is 2. The Hall–Kier alpha value is -2.34. The van der Waals surface area contributed by atoms with Crippen LogP contribution in [0.5, 0.6) is 0 Å². The summed E-state index contributed by atoms with van der Waals surface area (Å²) in [4.78, 5) is 29.2. The SMILES string of the molecule is CCN(CC(F)(F)F)C(=O)c1nc(C(=O)NCC(C)(C)O)sc1-c1ccc(C(O)(C(F)(F)F)C(F)(F)F)c(Cl)c1Cl. The van der Waals surface area contributed by atoms with Crippen LogP contribution in [0, 0.1) is 0 Å². The van der Waals surface area contributed by atoms with Crippen LogP contribution in [0.25, 0.3) is 10.4 Å². The number of nitrogens with one attached hydrogen (secondary N) is 1. The van der Waals surface area contributed by atoms with Crippen LogP contribution in [0.1, 0.15) is 46.6 Å². The lowest BCUT2D eigenvalue weighted by atomic mass is 9.91. The van der Waals surface area contributed by atoms with Gasteiger partial charge in [0.15, 0.2) is 5.01 Å². The Morgan fingerprint density at radius 3 is 1.95 bits per heavy atom. The molecule has 0 saturated carbocycles. The van der Waals surface area contributed by atoms with Crippen molar-refractivity contribution in [2.75, 3.05) is 19.6 Å². The zero-order valence-electron chi connectivity index (χ0n) is 20.9. The molecule has 2 amide bonds. The van der Waals surface area contributed by atoms with Crippen molar-refractivity contribution in [1.29, 1.82) is 0 Å². The summed E-state index contributed by atoms with van der Waals surface area (Å²) in [5, 5.41) is 18.7. The summed E-state index contributed by atoms with van der Waals surface area (Å²) >= 11 is 12.1. The molecule has 41 heavy (non-hydrogen) atoms. The van der Waals surface area contributed by atoms with Crippen LogP contribution in [0.15, 0.2) is 12.1 Å². The normalized spacial score (nSPS) is 13.4. The van der Waals surface area contributed by atoms with E-state index < -0.39 is 91.4 Å². The van der Waals surface area contributed by atoms with E-state index in [-0.39, 0.29) is 17.5 Å². The Balaban J connectivity index is 2.79. The van der Waals surface area contributed by atoms with E-state index in [9.17, 15) is 59.3 Å². The van der Waals surface area contributed by atoms with Crippen molar-refractivity contribution < 1.29 is 59.3 Å². The minimum Gasteiger partial charge on any atom is -0.389 e. The van der Waals surface area contributed by atoms with Crippen molar-refractivity contribution >= 4 is 46.4 Å². The number of aromatic nitrogens is 1. The molecule has 7 nitrogen and oxygen atoms in total. The number of nitrogens with zero attached hydrogens (tertiary/aromatic N) is 2. The van der Waals surface area contributed by atoms with Gasteiger partial charge in [-0.3, -0.25) is 9.59 Å². The summed E-state index contributed by atoms with van der Waals surface area (Å²) in [7, 11) is 0. The maximum atomic E-state index is 13.4. The molecule has 0 radical (unpaired) electrons. The second-order valence-electron chi connectivity index (χ2n) is 9.12. The smallest absolute Gasteiger partial charge is 0.389 e. The van der Waals surface area contributed by atoms with Crippen LogP contribution in [-0.2, 0) is 5.60 Å². The summed E-state index contributed by atoms with van der Waals surface area (Å²) < 4.78 is 120. The van der Waals surface area contributed by atoms with Crippen LogP contribution in [0.3, 0.4) is 0 Å². The van der Waals surface area contributed by atoms with Crippen molar-refractivity contribution in [1.82, 2.24) is 15.2 Å². The molecule has 2 aromatic rings. The Labute approximate surface area is 239 Å². The van der Waals surface area contributed by atoms with Gasteiger partial charge in [-0.15, -0.1) is 11.3 Å². The molecule has 230 valence electrons. The monoisotopic (exact) mass is 663 g/mol. The molecular formula is C22H20Cl2F9N3O4S. The number of alkyl halides is 9. The first-order chi connectivity index (χ1) is 18.4. The first-order valence-electron chi connectivity index (χ1n) is 11.1. The van der Waals surface area contributed by atoms with E-state index >= 15 is 0 Å². The van der Waals surface area contributed by atoms with Crippen LogP contribution >= 0.6 is 34.5 Å². The average Bonchev–Trinajstić information content (AvgIpc) is 3.24. The van der Waals surface area contributed by atoms with E-state index in [0.29, 0.717) is 17.4 Å². The molecule has 3 N–H and O–H groups in total. The third-order valence-electron chi connectivity index (χ3n) is 5.28. The molecule has 0 fully saturated rings. The fourth-order valence-electron chi connectivity index (χ4n) is 3.28. The fraction of sp³-hybridized carbons (Fsp3) is 0.500. The Kier molecular flexibility index (Phi) is 9.98. The highest BCUT2D eigenvalue weighted by molar-refractivity contribution is 7.17. The number of carbonyl (C=O) groups excluding carboxylic acids is 2. The number of thiazole rings is 1. The van der Waals surface area contributed by atoms with E-state index in [4.69, 9.17) is 23.2 Å². The van der Waals surface area contributed by atoms with Crippen molar-refractivity contribution in [2.45, 2.75) is 50.5 Å². The molecular weight excluding hydrogens is 644 g/mol. The number of rotatable bonds is 8. The maximum absolute atomic E-state index is 13.4. The molecule has 0 atom stereocenters. The van der Waals surface area contributed by atoms with Gasteiger partial charge in [-0.1, -0.05) is 35.3 Å². The highest BCUT2D eigenvalue weighted by Crippen LogP contribution is 2.54. The second-order valence-corrected chi connectivity index (χ2v) is 10.9. The Bertz CT molecular complexity index is 1290. The van der Waals surface area contributed by atoms with Crippen molar-refractivity contribution in [2.24, 2.45) is 0 Å². The summed E-state index contributed by atoms with van der Waals surface area (Å²) in [5.74, 6) is -2.44. The van der Waals surface area contributed by atoms with E-state index in [0.717, 1.165) is 0 Å². The average molecular weight is 664 g/mol. The van der Waals surface area contributed by atoms with Crippen LogP contribution in [0.2, 0.25) is 10.0 Å². The largest absolute Gasteiger partial charge is 0.430 e. The fourth-order valence-corrected chi connectivity index (χ4v) is 4.90. The zero-order chi connectivity index (χ0) is 31.9. The van der Waals surface area contributed by atoms with Crippen molar-refractivity contribution in [3.05, 3.63) is 38.4 Å². The Morgan fingerprint density at radius 1 is 0.976 bits per heavy atom. The van der Waals surface area contributed by atoms with Gasteiger partial charge in [0.1, 0.15) is 12.2 Å². The maximum Gasteiger partial charge on any atom is 0.430 e. The van der Waals surface area contributed by atoms with Crippen LogP contribution in [0.4, 0.5) is 39.5 Å². The number of benzene rings is 1. The molecule has 0 spiro atoms. The quantitative estimate of drug-likeness (QED) is 0.303. The van der Waals surface area contributed by atoms with E-state index in [1.54, 1.807) is 0 Å². The third kappa shape index (κ3) is 7.55. The van der Waals surface area contributed by atoms with Gasteiger partial charge >= 0.3 is 18.5 Å². The molecule has 0 unspecified atom stereocenters. The lowest BCUT2D eigenvalue weighted by Gasteiger charge is -2.33. The lowest BCUT2D eigenvalue weighted by Crippen LogP contribution is -2.54. The molecule has 0 saturated heterocycles. The molecule has 1 aromatic carbocycles. The molecule has 0 aliphatic carbocycles. The highest BCUT2D eigenvalue weighted by atomic mass is 35.5. The molecule has 1 aromatic heterocycles. The van der Waals surface area contributed by atoms with E-state index in [1.807, 2.05) is 0 Å². The minimum atomic E-state index is -6.32. The van der Waals surface area contributed by atoms with Gasteiger partial charge in [-0.05, 0) is 20.8 Å². The van der Waals surface area contributed by atoms with Crippen molar-refractivity contribution in [3.63, 3.8) is 0 Å². The molecule has 0 aliphatic rings. The van der Waals surface area contributed by atoms with E-state index in [1.165, 1.54) is 20.8 Å². The zero-order valence-corrected chi connectivity index (χ0v) is 23.3. The Morgan fingerprint density at radius 2 is 1.51 bits per heavy atom. The predicted octanol–water partition coefficient (Wildman–Crippen LogP) is 5.95. The van der Waals surface area contributed by atoms with E-state index in [2.05, 4.69) is 10.3 Å².